The maximum atomic E-state index is 14.2. The van der Waals surface area contributed by atoms with Crippen molar-refractivity contribution < 1.29 is 28.0 Å². The van der Waals surface area contributed by atoms with Crippen molar-refractivity contribution in [2.24, 2.45) is 34.9 Å². The van der Waals surface area contributed by atoms with Crippen LogP contribution in [0.2, 0.25) is 0 Å². The second-order valence-electron chi connectivity index (χ2n) is 10.1. The van der Waals surface area contributed by atoms with E-state index >= 15 is 0 Å². The predicted molar refractivity (Wildman–Crippen MR) is 139 cm³/mol. The first kappa shape index (κ1) is 31.4. The highest BCUT2D eigenvalue weighted by Gasteiger charge is 2.53. The standard InChI is InChI=1S/C25H40N4O6S/c1-16(2)14-20(23(31)27-26)21(24(32)28-33)25(15-17(3)4,13-12-19-10-8-7-9-11-19)22(30)18(5)29-36(6,34)35/h7-13,16-18,20-21,29,33H,14-15,26H2,1-6H3,(H,27,31)(H,28,32)/b13-12+/t18-,20-,21-,25?/m1/s1. The SMILES string of the molecule is CC(C)C[C@@H](C(=O)NN)[C@H](C(=O)NO)C(/C=C/c1ccccc1)(CC(C)C)C(=O)[C@@H](C)NS(C)(=O)=O. The third-order valence-corrected chi connectivity index (χ3v) is 6.70. The number of carbonyl (C=O) groups excluding carboxylic acids is 3. The van der Waals surface area contributed by atoms with E-state index in [1.807, 2.05) is 33.8 Å². The Hall–Kier alpha value is -2.60. The van der Waals surface area contributed by atoms with Gasteiger partial charge < -0.3 is 0 Å². The number of nitrogens with one attached hydrogen (secondary N) is 3. The largest absolute Gasteiger partial charge is 0.297 e. The third kappa shape index (κ3) is 8.81. The summed E-state index contributed by atoms with van der Waals surface area (Å²) in [7, 11) is -3.78. The number of Topliss-reactive ketones (excluding diaryl/α,β-unsaturated/α-hetero) is 1. The van der Waals surface area contributed by atoms with Gasteiger partial charge in [-0.1, -0.05) is 70.2 Å². The fourth-order valence-electron chi connectivity index (χ4n) is 4.75. The van der Waals surface area contributed by atoms with Crippen molar-refractivity contribution in [3.8, 4) is 0 Å². The number of ketones is 1. The molecule has 0 aliphatic heterocycles. The van der Waals surface area contributed by atoms with Crippen LogP contribution in [0.3, 0.4) is 0 Å². The average molecular weight is 525 g/mol. The normalized spacial score (nSPS) is 16.4. The van der Waals surface area contributed by atoms with Gasteiger partial charge >= 0.3 is 0 Å². The maximum Gasteiger partial charge on any atom is 0.248 e. The molecular formula is C25H40N4O6S. The monoisotopic (exact) mass is 524 g/mol. The number of hydrogen-bond acceptors (Lipinski definition) is 7. The molecule has 0 bridgehead atoms. The summed E-state index contributed by atoms with van der Waals surface area (Å²) in [6.45, 7) is 8.79. The van der Waals surface area contributed by atoms with Crippen molar-refractivity contribution >= 4 is 33.7 Å². The van der Waals surface area contributed by atoms with Crippen molar-refractivity contribution in [2.45, 2.75) is 53.5 Å². The van der Waals surface area contributed by atoms with E-state index in [4.69, 9.17) is 5.84 Å². The second-order valence-corrected chi connectivity index (χ2v) is 11.8. The lowest BCUT2D eigenvalue weighted by atomic mass is 9.60. The molecule has 4 atom stereocenters. The zero-order valence-electron chi connectivity index (χ0n) is 21.8. The van der Waals surface area contributed by atoms with Gasteiger partial charge in [0.05, 0.1) is 29.5 Å². The average Bonchev–Trinajstić information content (AvgIpc) is 2.79. The lowest BCUT2D eigenvalue weighted by Crippen LogP contribution is -2.57. The van der Waals surface area contributed by atoms with E-state index in [-0.39, 0.29) is 24.7 Å². The van der Waals surface area contributed by atoms with Crippen LogP contribution < -0.4 is 21.5 Å². The topological polar surface area (TPSA) is 168 Å². The summed E-state index contributed by atoms with van der Waals surface area (Å²) < 4.78 is 26.3. The second kappa shape index (κ2) is 13.6. The molecule has 202 valence electrons. The van der Waals surface area contributed by atoms with Crippen LogP contribution in [0.25, 0.3) is 6.08 Å². The number of sulfonamides is 1. The van der Waals surface area contributed by atoms with E-state index in [0.717, 1.165) is 11.8 Å². The van der Waals surface area contributed by atoms with Crippen LogP contribution in [0.1, 0.15) is 53.0 Å². The van der Waals surface area contributed by atoms with Gasteiger partial charge in [-0.15, -0.1) is 0 Å². The molecule has 11 heteroatoms. The molecule has 6 N–H and O–H groups in total. The highest BCUT2D eigenvalue weighted by atomic mass is 32.2. The summed E-state index contributed by atoms with van der Waals surface area (Å²) in [6.07, 6.45) is 4.43. The van der Waals surface area contributed by atoms with Gasteiger partial charge in [-0.3, -0.25) is 25.0 Å². The van der Waals surface area contributed by atoms with Crippen LogP contribution in [0.5, 0.6) is 0 Å². The molecule has 0 saturated carbocycles. The maximum absolute atomic E-state index is 14.2. The van der Waals surface area contributed by atoms with Gasteiger partial charge in [0, 0.05) is 0 Å². The van der Waals surface area contributed by atoms with Gasteiger partial charge in [0.1, 0.15) is 0 Å². The summed E-state index contributed by atoms with van der Waals surface area (Å²) in [5.41, 5.74) is 2.77. The molecule has 1 unspecified atom stereocenters. The molecule has 1 rings (SSSR count). The number of benzene rings is 1. The number of carbonyl (C=O) groups is 3. The molecule has 1 aromatic rings. The van der Waals surface area contributed by atoms with E-state index in [1.165, 1.54) is 6.92 Å². The highest BCUT2D eigenvalue weighted by molar-refractivity contribution is 7.88. The van der Waals surface area contributed by atoms with Gasteiger partial charge in [0.25, 0.3) is 0 Å². The fraction of sp³-hybridized carbons (Fsp3) is 0.560. The minimum Gasteiger partial charge on any atom is -0.297 e. The molecular weight excluding hydrogens is 484 g/mol. The van der Waals surface area contributed by atoms with Crippen LogP contribution >= 0.6 is 0 Å². The van der Waals surface area contributed by atoms with Crippen LogP contribution in [0.4, 0.5) is 0 Å². The third-order valence-electron chi connectivity index (χ3n) is 5.92. The lowest BCUT2D eigenvalue weighted by molar-refractivity contribution is -0.151. The van der Waals surface area contributed by atoms with E-state index in [2.05, 4.69) is 10.1 Å². The summed E-state index contributed by atoms with van der Waals surface area (Å²) in [5, 5.41) is 9.72. The minimum atomic E-state index is -3.78. The Morgan fingerprint density at radius 3 is 2.06 bits per heavy atom. The first-order chi connectivity index (χ1) is 16.7. The number of rotatable bonds is 14. The van der Waals surface area contributed by atoms with Gasteiger partial charge in [-0.2, -0.15) is 0 Å². The molecule has 0 heterocycles. The van der Waals surface area contributed by atoms with Gasteiger partial charge in [0.2, 0.25) is 21.8 Å². The van der Waals surface area contributed by atoms with Crippen LogP contribution in [-0.2, 0) is 24.4 Å². The Morgan fingerprint density at radius 1 is 1.03 bits per heavy atom. The van der Waals surface area contributed by atoms with Gasteiger partial charge in [0.15, 0.2) is 5.78 Å². The Balaban J connectivity index is 4.01. The van der Waals surface area contributed by atoms with Crippen molar-refractivity contribution in [2.75, 3.05) is 6.26 Å². The van der Waals surface area contributed by atoms with Crippen LogP contribution in [0, 0.1) is 29.1 Å². The summed E-state index contributed by atoms with van der Waals surface area (Å²) in [5.74, 6) is 0.518. The van der Waals surface area contributed by atoms with Gasteiger partial charge in [-0.25, -0.2) is 24.5 Å². The Labute approximate surface area is 214 Å². The molecule has 10 nitrogen and oxygen atoms in total. The van der Waals surface area contributed by atoms with E-state index < -0.39 is 50.9 Å². The zero-order valence-corrected chi connectivity index (χ0v) is 22.6. The van der Waals surface area contributed by atoms with Crippen LogP contribution in [-0.4, -0.2) is 43.5 Å². The van der Waals surface area contributed by atoms with Crippen molar-refractivity contribution in [1.29, 1.82) is 0 Å². The molecule has 0 saturated heterocycles. The van der Waals surface area contributed by atoms with Gasteiger partial charge in [-0.05, 0) is 37.2 Å². The van der Waals surface area contributed by atoms with E-state index in [9.17, 15) is 28.0 Å². The number of amides is 2. The quantitative estimate of drug-likeness (QED) is 0.107. The molecule has 0 fully saturated rings. The summed E-state index contributed by atoms with van der Waals surface area (Å²) >= 11 is 0. The molecule has 1 aromatic carbocycles. The Morgan fingerprint density at radius 2 is 1.61 bits per heavy atom. The minimum absolute atomic E-state index is 0.0715. The van der Waals surface area contributed by atoms with Crippen molar-refractivity contribution in [3.05, 3.63) is 42.0 Å². The number of hydrazine groups is 1. The molecule has 0 radical (unpaired) electrons. The van der Waals surface area contributed by atoms with E-state index in [0.29, 0.717) is 0 Å². The number of nitrogens with two attached hydrogens (primary N) is 1. The molecule has 0 aromatic heterocycles. The summed E-state index contributed by atoms with van der Waals surface area (Å²) in [4.78, 5) is 40.5. The highest BCUT2D eigenvalue weighted by Crippen LogP contribution is 2.45. The smallest absolute Gasteiger partial charge is 0.248 e. The molecule has 0 aliphatic rings. The summed E-state index contributed by atoms with van der Waals surface area (Å²) in [6, 6.07) is 7.82. The first-order valence-electron chi connectivity index (χ1n) is 11.9. The number of allylic oxidation sites excluding steroid dienone is 1. The number of hydrogen-bond donors (Lipinski definition) is 5. The molecule has 2 amide bonds. The number of hydroxylamine groups is 1. The molecule has 0 spiro atoms. The Bertz CT molecular complexity index is 1030. The molecule has 0 aliphatic carbocycles. The van der Waals surface area contributed by atoms with Crippen molar-refractivity contribution in [1.82, 2.24) is 15.6 Å². The van der Waals surface area contributed by atoms with Crippen molar-refractivity contribution in [3.63, 3.8) is 0 Å². The molecule has 36 heavy (non-hydrogen) atoms. The fourth-order valence-corrected chi connectivity index (χ4v) is 5.50. The zero-order chi connectivity index (χ0) is 27.7. The van der Waals surface area contributed by atoms with E-state index in [1.54, 1.807) is 41.9 Å². The predicted octanol–water partition coefficient (Wildman–Crippen LogP) is 2.01. The lowest BCUT2D eigenvalue weighted by Gasteiger charge is -2.42. The Kier molecular flexibility index (Phi) is 11.9. The van der Waals surface area contributed by atoms with Crippen LogP contribution in [0.15, 0.2) is 36.4 Å². The first-order valence-corrected chi connectivity index (χ1v) is 13.8.